The van der Waals surface area contributed by atoms with Crippen molar-refractivity contribution in [2.24, 2.45) is 0 Å². The summed E-state index contributed by atoms with van der Waals surface area (Å²) >= 11 is 0. The minimum atomic E-state index is -0.290. The van der Waals surface area contributed by atoms with Crippen LogP contribution >= 0.6 is 0 Å². The Labute approximate surface area is 101 Å². The molecular weight excluding hydrogens is 218 g/mol. The molecular formula is C13H15NO3. The number of rotatable bonds is 6. The summed E-state index contributed by atoms with van der Waals surface area (Å²) in [5.41, 5.74) is 1.38. The van der Waals surface area contributed by atoms with E-state index in [1.54, 1.807) is 18.3 Å². The van der Waals surface area contributed by atoms with Crippen LogP contribution in [0.3, 0.4) is 0 Å². The van der Waals surface area contributed by atoms with Gasteiger partial charge in [-0.25, -0.2) is 0 Å². The molecule has 0 N–H and O–H groups in total. The van der Waals surface area contributed by atoms with Crippen molar-refractivity contribution in [2.75, 3.05) is 13.2 Å². The Balaban J connectivity index is 2.30. The summed E-state index contributed by atoms with van der Waals surface area (Å²) in [4.78, 5) is 15.3. The van der Waals surface area contributed by atoms with Crippen LogP contribution in [0.5, 0.6) is 0 Å². The van der Waals surface area contributed by atoms with Crippen molar-refractivity contribution in [1.82, 2.24) is 4.98 Å². The lowest BCUT2D eigenvalue weighted by Crippen LogP contribution is -2.09. The molecule has 0 bridgehead atoms. The second-order valence-electron chi connectivity index (χ2n) is 3.29. The number of hydrogen-bond acceptors (Lipinski definition) is 4. The van der Waals surface area contributed by atoms with Gasteiger partial charge < -0.3 is 9.47 Å². The highest BCUT2D eigenvalue weighted by Crippen LogP contribution is 2.01. The van der Waals surface area contributed by atoms with Gasteiger partial charge in [0.15, 0.2) is 0 Å². The van der Waals surface area contributed by atoms with Gasteiger partial charge in [0.25, 0.3) is 0 Å². The molecule has 0 spiro atoms. The quantitative estimate of drug-likeness (QED) is 0.425. The first-order chi connectivity index (χ1) is 8.26. The van der Waals surface area contributed by atoms with Gasteiger partial charge in [0.1, 0.15) is 6.61 Å². The second-order valence-corrected chi connectivity index (χ2v) is 3.29. The van der Waals surface area contributed by atoms with E-state index in [2.05, 4.69) is 10.9 Å². The number of terminal acetylenes is 1. The van der Waals surface area contributed by atoms with Crippen LogP contribution in [0, 0.1) is 12.3 Å². The smallest absolute Gasteiger partial charge is 0.308 e. The van der Waals surface area contributed by atoms with E-state index in [1.807, 2.05) is 6.92 Å². The number of nitrogens with zero attached hydrogens (tertiary/aromatic N) is 1. The molecule has 0 saturated carbocycles. The van der Waals surface area contributed by atoms with Crippen molar-refractivity contribution in [3.05, 3.63) is 29.6 Å². The summed E-state index contributed by atoms with van der Waals surface area (Å²) in [6.07, 6.45) is 7.03. The molecule has 0 aromatic carbocycles. The van der Waals surface area contributed by atoms with E-state index < -0.39 is 0 Å². The van der Waals surface area contributed by atoms with E-state index in [4.69, 9.17) is 15.9 Å². The molecule has 90 valence electrons. The molecule has 17 heavy (non-hydrogen) atoms. The van der Waals surface area contributed by atoms with E-state index in [9.17, 15) is 4.79 Å². The Morgan fingerprint density at radius 2 is 2.35 bits per heavy atom. The molecule has 1 rings (SSSR count). The van der Waals surface area contributed by atoms with Gasteiger partial charge in [0.05, 0.1) is 18.7 Å². The molecule has 0 aliphatic rings. The van der Waals surface area contributed by atoms with Crippen LogP contribution < -0.4 is 0 Å². The Morgan fingerprint density at radius 3 is 2.94 bits per heavy atom. The first-order valence-corrected chi connectivity index (χ1v) is 5.41. The highest BCUT2D eigenvalue weighted by atomic mass is 16.5. The third-order valence-electron chi connectivity index (χ3n) is 2.03. The van der Waals surface area contributed by atoms with Crippen LogP contribution in [0.4, 0.5) is 0 Å². The average molecular weight is 233 g/mol. The molecule has 0 unspecified atom stereocenters. The Kier molecular flexibility index (Phi) is 5.76. The molecule has 0 atom stereocenters. The van der Waals surface area contributed by atoms with Crippen LogP contribution in [-0.4, -0.2) is 24.2 Å². The molecule has 1 aromatic heterocycles. The molecule has 0 aliphatic carbocycles. The maximum Gasteiger partial charge on any atom is 0.308 e. The predicted octanol–water partition coefficient (Wildman–Crippen LogP) is 1.53. The fourth-order valence-corrected chi connectivity index (χ4v) is 1.12. The third kappa shape index (κ3) is 5.14. The summed E-state index contributed by atoms with van der Waals surface area (Å²) in [5, 5.41) is 0. The number of esters is 1. The summed E-state index contributed by atoms with van der Waals surface area (Å²) in [7, 11) is 0. The zero-order valence-corrected chi connectivity index (χ0v) is 9.81. The number of aromatic nitrogens is 1. The van der Waals surface area contributed by atoms with Crippen molar-refractivity contribution in [2.45, 2.75) is 20.0 Å². The molecule has 0 saturated heterocycles. The molecule has 0 fully saturated rings. The fraction of sp³-hybridized carbons (Fsp3) is 0.385. The van der Waals surface area contributed by atoms with Crippen LogP contribution in [0.1, 0.15) is 24.6 Å². The van der Waals surface area contributed by atoms with Crippen LogP contribution in [0.25, 0.3) is 0 Å². The molecule has 0 aliphatic heterocycles. The fourth-order valence-electron chi connectivity index (χ4n) is 1.12. The van der Waals surface area contributed by atoms with Crippen LogP contribution in [0.2, 0.25) is 0 Å². The van der Waals surface area contributed by atoms with Gasteiger partial charge in [0.2, 0.25) is 0 Å². The molecule has 4 heteroatoms. The van der Waals surface area contributed by atoms with Crippen molar-refractivity contribution < 1.29 is 14.3 Å². The van der Waals surface area contributed by atoms with Gasteiger partial charge in [-0.05, 0) is 19.1 Å². The standard InChI is InChI=1S/C13H15NO3/c1-3-11-5-6-12(14-9-11)10-17-13(15)7-8-16-4-2/h1,5-6,9H,4,7-8,10H2,2H3. The van der Waals surface area contributed by atoms with E-state index in [0.717, 1.165) is 0 Å². The topological polar surface area (TPSA) is 48.4 Å². The summed E-state index contributed by atoms with van der Waals surface area (Å²) < 4.78 is 10.1. The van der Waals surface area contributed by atoms with Crippen molar-refractivity contribution in [3.63, 3.8) is 0 Å². The maximum atomic E-state index is 11.3. The Morgan fingerprint density at radius 1 is 1.53 bits per heavy atom. The number of pyridine rings is 1. The summed E-state index contributed by atoms with van der Waals surface area (Å²) in [5.74, 6) is 2.18. The van der Waals surface area contributed by atoms with Crippen LogP contribution in [-0.2, 0) is 20.9 Å². The number of ether oxygens (including phenoxy) is 2. The number of carbonyl (C=O) groups is 1. The lowest BCUT2D eigenvalue weighted by atomic mass is 10.2. The zero-order chi connectivity index (χ0) is 12.5. The lowest BCUT2D eigenvalue weighted by molar-refractivity contribution is -0.146. The Bertz CT molecular complexity index is 392. The van der Waals surface area contributed by atoms with Gasteiger partial charge in [-0.3, -0.25) is 9.78 Å². The molecule has 0 amide bonds. The highest BCUT2D eigenvalue weighted by Gasteiger charge is 2.03. The second kappa shape index (κ2) is 7.42. The van der Waals surface area contributed by atoms with E-state index >= 15 is 0 Å². The number of hydrogen-bond donors (Lipinski definition) is 0. The number of carbonyl (C=O) groups excluding carboxylic acids is 1. The van der Waals surface area contributed by atoms with Crippen molar-refractivity contribution >= 4 is 5.97 Å². The molecule has 4 nitrogen and oxygen atoms in total. The maximum absolute atomic E-state index is 11.3. The average Bonchev–Trinajstić information content (AvgIpc) is 2.37. The van der Waals surface area contributed by atoms with Crippen molar-refractivity contribution in [1.29, 1.82) is 0 Å². The van der Waals surface area contributed by atoms with Gasteiger partial charge >= 0.3 is 5.97 Å². The monoisotopic (exact) mass is 233 g/mol. The minimum absolute atomic E-state index is 0.163. The first kappa shape index (κ1) is 13.2. The third-order valence-corrected chi connectivity index (χ3v) is 2.03. The lowest BCUT2D eigenvalue weighted by Gasteiger charge is -2.04. The summed E-state index contributed by atoms with van der Waals surface area (Å²) in [6, 6.07) is 3.50. The first-order valence-electron chi connectivity index (χ1n) is 5.41. The zero-order valence-electron chi connectivity index (χ0n) is 9.81. The molecule has 0 radical (unpaired) electrons. The van der Waals surface area contributed by atoms with E-state index in [-0.39, 0.29) is 19.0 Å². The van der Waals surface area contributed by atoms with Crippen molar-refractivity contribution in [3.8, 4) is 12.3 Å². The SMILES string of the molecule is C#Cc1ccc(COC(=O)CCOCC)nc1. The van der Waals surface area contributed by atoms with E-state index in [1.165, 1.54) is 0 Å². The van der Waals surface area contributed by atoms with Gasteiger partial charge in [-0.2, -0.15) is 0 Å². The summed E-state index contributed by atoms with van der Waals surface area (Å²) in [6.45, 7) is 3.03. The van der Waals surface area contributed by atoms with E-state index in [0.29, 0.717) is 24.5 Å². The minimum Gasteiger partial charge on any atom is -0.459 e. The van der Waals surface area contributed by atoms with Crippen LogP contribution in [0.15, 0.2) is 18.3 Å². The highest BCUT2D eigenvalue weighted by molar-refractivity contribution is 5.69. The molecule has 1 aromatic rings. The Hall–Kier alpha value is -1.86. The largest absolute Gasteiger partial charge is 0.459 e. The molecule has 1 heterocycles. The van der Waals surface area contributed by atoms with Gasteiger partial charge in [-0.15, -0.1) is 6.42 Å². The normalized spacial score (nSPS) is 9.65. The van der Waals surface area contributed by atoms with Gasteiger partial charge in [-0.1, -0.05) is 5.92 Å². The predicted molar refractivity (Wildman–Crippen MR) is 63.1 cm³/mol. The van der Waals surface area contributed by atoms with Gasteiger partial charge in [0, 0.05) is 18.4 Å².